The number of hydrogen-bond acceptors (Lipinski definition) is 6. The van der Waals surface area contributed by atoms with E-state index in [0.29, 0.717) is 31.2 Å². The highest BCUT2D eigenvalue weighted by Crippen LogP contribution is 2.11. The molecule has 88 valence electrons. The summed E-state index contributed by atoms with van der Waals surface area (Å²) in [7, 11) is 0. The number of aromatic nitrogens is 3. The van der Waals surface area contributed by atoms with Crippen LogP contribution in [-0.4, -0.2) is 21.7 Å². The summed E-state index contributed by atoms with van der Waals surface area (Å²) in [5, 5.41) is 9.92. The first-order valence-electron chi connectivity index (χ1n) is 5.14. The van der Waals surface area contributed by atoms with Crippen molar-refractivity contribution in [3.05, 3.63) is 27.8 Å². The Bertz CT molecular complexity index is 526. The number of terminal acetylenes is 1. The topological polar surface area (TPSA) is 63.8 Å². The third-order valence-corrected chi connectivity index (χ3v) is 2.84. The molecule has 2 aromatic rings. The van der Waals surface area contributed by atoms with Crippen molar-refractivity contribution < 1.29 is 4.52 Å². The van der Waals surface area contributed by atoms with E-state index in [1.54, 1.807) is 11.3 Å². The summed E-state index contributed by atoms with van der Waals surface area (Å²) in [6, 6.07) is 0. The zero-order chi connectivity index (χ0) is 12.1. The van der Waals surface area contributed by atoms with Crippen LogP contribution in [0.4, 0.5) is 0 Å². The van der Waals surface area contributed by atoms with Gasteiger partial charge in [0, 0.05) is 5.38 Å². The third-order valence-electron chi connectivity index (χ3n) is 2.02. The highest BCUT2D eigenvalue weighted by molar-refractivity contribution is 7.09. The monoisotopic (exact) mass is 248 g/mol. The van der Waals surface area contributed by atoms with Gasteiger partial charge in [-0.2, -0.15) is 4.98 Å². The van der Waals surface area contributed by atoms with Crippen molar-refractivity contribution in [2.24, 2.45) is 0 Å². The number of nitrogens with zero attached hydrogens (tertiary/aromatic N) is 3. The van der Waals surface area contributed by atoms with Crippen LogP contribution in [0.15, 0.2) is 9.90 Å². The number of thiazole rings is 1. The third kappa shape index (κ3) is 3.37. The summed E-state index contributed by atoms with van der Waals surface area (Å²) in [5.74, 6) is 3.67. The lowest BCUT2D eigenvalue weighted by Crippen LogP contribution is -2.13. The Kier molecular flexibility index (Phi) is 3.85. The highest BCUT2D eigenvalue weighted by Gasteiger charge is 2.08. The van der Waals surface area contributed by atoms with Crippen molar-refractivity contribution in [1.82, 2.24) is 20.4 Å². The molecule has 0 saturated carbocycles. The van der Waals surface area contributed by atoms with E-state index in [1.807, 2.05) is 12.3 Å². The van der Waals surface area contributed by atoms with Crippen LogP contribution in [0, 0.1) is 19.3 Å². The molecule has 2 heterocycles. The van der Waals surface area contributed by atoms with Crippen LogP contribution in [0.3, 0.4) is 0 Å². The zero-order valence-corrected chi connectivity index (χ0v) is 10.3. The number of aryl methyl sites for hydroxylation is 1. The van der Waals surface area contributed by atoms with Gasteiger partial charge in [-0.15, -0.1) is 17.8 Å². The molecule has 0 aliphatic carbocycles. The van der Waals surface area contributed by atoms with Crippen molar-refractivity contribution in [3.63, 3.8) is 0 Å². The summed E-state index contributed by atoms with van der Waals surface area (Å²) in [5.41, 5.74) is 0.969. The average molecular weight is 248 g/mol. The van der Waals surface area contributed by atoms with Gasteiger partial charge in [-0.05, 0) is 6.92 Å². The maximum absolute atomic E-state index is 5.12. The molecule has 0 spiro atoms. The Labute approximate surface area is 103 Å². The summed E-state index contributed by atoms with van der Waals surface area (Å²) in [6.07, 6.45) is 5.72. The molecule has 17 heavy (non-hydrogen) atoms. The van der Waals surface area contributed by atoms with E-state index in [1.165, 1.54) is 0 Å². The molecule has 1 N–H and O–H groups in total. The molecular weight excluding hydrogens is 236 g/mol. The minimum atomic E-state index is 0.489. The van der Waals surface area contributed by atoms with Gasteiger partial charge >= 0.3 is 0 Å². The van der Waals surface area contributed by atoms with Crippen LogP contribution in [0.25, 0.3) is 0 Å². The molecule has 0 atom stereocenters. The smallest absolute Gasteiger partial charge is 0.240 e. The summed E-state index contributed by atoms with van der Waals surface area (Å²) >= 11 is 1.62. The lowest BCUT2D eigenvalue weighted by atomic mass is 10.3. The molecule has 0 aromatic carbocycles. The first kappa shape index (κ1) is 11.8. The second-order valence-corrected chi connectivity index (χ2v) is 4.51. The SMILES string of the molecule is C#CCNCc1nc(Cc2csc(C)n2)no1. The van der Waals surface area contributed by atoms with Crippen LogP contribution in [0.2, 0.25) is 0 Å². The van der Waals surface area contributed by atoms with Gasteiger partial charge in [-0.1, -0.05) is 11.1 Å². The standard InChI is InChI=1S/C11H12N4OS/c1-3-4-12-6-11-14-10(15-16-11)5-9-7-17-8(2)13-9/h1,7,12H,4-6H2,2H3. The fraction of sp³-hybridized carbons (Fsp3) is 0.364. The van der Waals surface area contributed by atoms with E-state index in [4.69, 9.17) is 10.9 Å². The minimum absolute atomic E-state index is 0.489. The number of nitrogens with one attached hydrogen (secondary N) is 1. The molecule has 2 aromatic heterocycles. The summed E-state index contributed by atoms with van der Waals surface area (Å²) in [4.78, 5) is 8.59. The molecular formula is C11H12N4OS. The van der Waals surface area contributed by atoms with Gasteiger partial charge in [0.2, 0.25) is 5.89 Å². The molecule has 0 fully saturated rings. The Balaban J connectivity index is 1.92. The molecule has 0 radical (unpaired) electrons. The van der Waals surface area contributed by atoms with Gasteiger partial charge in [0.05, 0.1) is 30.2 Å². The Morgan fingerprint density at radius 1 is 1.53 bits per heavy atom. The van der Waals surface area contributed by atoms with E-state index in [-0.39, 0.29) is 0 Å². The molecule has 0 bridgehead atoms. The van der Waals surface area contributed by atoms with Crippen LogP contribution in [0.1, 0.15) is 22.4 Å². The fourth-order valence-electron chi connectivity index (χ4n) is 1.33. The first-order chi connectivity index (χ1) is 8.28. The summed E-state index contributed by atoms with van der Waals surface area (Å²) < 4.78 is 5.07. The molecule has 0 unspecified atom stereocenters. The van der Waals surface area contributed by atoms with Crippen molar-refractivity contribution in [3.8, 4) is 12.3 Å². The van der Waals surface area contributed by atoms with Gasteiger partial charge in [-0.3, -0.25) is 5.32 Å². The molecule has 2 rings (SSSR count). The largest absolute Gasteiger partial charge is 0.338 e. The fourth-order valence-corrected chi connectivity index (χ4v) is 1.94. The molecule has 6 heteroatoms. The normalized spacial score (nSPS) is 10.4. The zero-order valence-electron chi connectivity index (χ0n) is 9.43. The quantitative estimate of drug-likeness (QED) is 0.635. The molecule has 0 aliphatic rings. The second kappa shape index (κ2) is 5.57. The first-order valence-corrected chi connectivity index (χ1v) is 6.02. The second-order valence-electron chi connectivity index (χ2n) is 3.45. The van der Waals surface area contributed by atoms with Gasteiger partial charge in [-0.25, -0.2) is 4.98 Å². The number of rotatable bonds is 5. The van der Waals surface area contributed by atoms with Crippen molar-refractivity contribution in [1.29, 1.82) is 0 Å². The van der Waals surface area contributed by atoms with E-state index < -0.39 is 0 Å². The maximum Gasteiger partial charge on any atom is 0.240 e. The van der Waals surface area contributed by atoms with Gasteiger partial charge in [0.1, 0.15) is 0 Å². The van der Waals surface area contributed by atoms with Crippen molar-refractivity contribution in [2.45, 2.75) is 19.9 Å². The van der Waals surface area contributed by atoms with Gasteiger partial charge in [0.25, 0.3) is 0 Å². The maximum atomic E-state index is 5.12. The predicted molar refractivity (Wildman–Crippen MR) is 64.5 cm³/mol. The van der Waals surface area contributed by atoms with E-state index in [2.05, 4.69) is 26.4 Å². The Hall–Kier alpha value is -1.71. The molecule has 0 saturated heterocycles. The number of hydrogen-bond donors (Lipinski definition) is 1. The lowest BCUT2D eigenvalue weighted by Gasteiger charge is -1.92. The van der Waals surface area contributed by atoms with Gasteiger partial charge < -0.3 is 4.52 Å². The summed E-state index contributed by atoms with van der Waals surface area (Å²) in [6.45, 7) is 2.95. The highest BCUT2D eigenvalue weighted by atomic mass is 32.1. The van der Waals surface area contributed by atoms with E-state index in [0.717, 1.165) is 10.7 Å². The van der Waals surface area contributed by atoms with Crippen LogP contribution in [0.5, 0.6) is 0 Å². The lowest BCUT2D eigenvalue weighted by molar-refractivity contribution is 0.366. The Morgan fingerprint density at radius 3 is 3.12 bits per heavy atom. The van der Waals surface area contributed by atoms with Crippen LogP contribution >= 0.6 is 11.3 Å². The predicted octanol–water partition coefficient (Wildman–Crippen LogP) is 1.15. The average Bonchev–Trinajstić information content (AvgIpc) is 2.90. The minimum Gasteiger partial charge on any atom is -0.338 e. The molecule has 0 amide bonds. The van der Waals surface area contributed by atoms with Crippen LogP contribution < -0.4 is 5.32 Å². The van der Waals surface area contributed by atoms with Crippen molar-refractivity contribution in [2.75, 3.05) is 6.54 Å². The van der Waals surface area contributed by atoms with E-state index in [9.17, 15) is 0 Å². The molecule has 0 aliphatic heterocycles. The van der Waals surface area contributed by atoms with Gasteiger partial charge in [0.15, 0.2) is 5.82 Å². The van der Waals surface area contributed by atoms with Crippen LogP contribution in [-0.2, 0) is 13.0 Å². The van der Waals surface area contributed by atoms with E-state index >= 15 is 0 Å². The molecule has 5 nitrogen and oxygen atoms in total. The van der Waals surface area contributed by atoms with Crippen molar-refractivity contribution >= 4 is 11.3 Å². The Morgan fingerprint density at radius 2 is 2.41 bits per heavy atom.